The predicted octanol–water partition coefficient (Wildman–Crippen LogP) is 3.13. The number of rotatable bonds is 9. The van der Waals surface area contributed by atoms with Crippen molar-refractivity contribution in [3.05, 3.63) is 0 Å². The maximum absolute atomic E-state index is 3.32. The molecule has 0 aliphatic carbocycles. The molecule has 1 atom stereocenters. The molecule has 0 rings (SSSR count). The van der Waals surface area contributed by atoms with Gasteiger partial charge < -0.3 is 10.2 Å². The van der Waals surface area contributed by atoms with Crippen LogP contribution in [0.5, 0.6) is 0 Å². The van der Waals surface area contributed by atoms with Crippen molar-refractivity contribution in [2.75, 3.05) is 20.1 Å². The van der Waals surface area contributed by atoms with Crippen LogP contribution in [0.2, 0.25) is 0 Å². The predicted molar refractivity (Wildman–Crippen MR) is 73.9 cm³/mol. The Labute approximate surface area is 103 Å². The molecule has 16 heavy (non-hydrogen) atoms. The van der Waals surface area contributed by atoms with E-state index in [-0.39, 0.29) is 0 Å². The minimum atomic E-state index is 0.629. The van der Waals surface area contributed by atoms with Crippen LogP contribution in [0.3, 0.4) is 0 Å². The highest BCUT2D eigenvalue weighted by molar-refractivity contribution is 4.72. The Kier molecular flexibility index (Phi) is 8.96. The third-order valence-corrected chi connectivity index (χ3v) is 3.40. The molecule has 0 bridgehead atoms. The molecule has 0 radical (unpaired) electrons. The van der Waals surface area contributed by atoms with Gasteiger partial charge in [-0.25, -0.2) is 0 Å². The lowest BCUT2D eigenvalue weighted by Crippen LogP contribution is -2.40. The van der Waals surface area contributed by atoms with Crippen molar-refractivity contribution in [2.45, 2.75) is 66.0 Å². The Bertz CT molecular complexity index is 153. The van der Waals surface area contributed by atoms with Gasteiger partial charge >= 0.3 is 0 Å². The van der Waals surface area contributed by atoms with Crippen LogP contribution >= 0.6 is 0 Å². The summed E-state index contributed by atoms with van der Waals surface area (Å²) in [6, 6.07) is 1.40. The van der Waals surface area contributed by atoms with Crippen molar-refractivity contribution in [1.29, 1.82) is 0 Å². The van der Waals surface area contributed by atoms with E-state index in [1.165, 1.54) is 32.4 Å². The van der Waals surface area contributed by atoms with E-state index in [1.807, 2.05) is 0 Å². The first-order valence-electron chi connectivity index (χ1n) is 6.96. The Morgan fingerprint density at radius 2 is 1.62 bits per heavy atom. The summed E-state index contributed by atoms with van der Waals surface area (Å²) < 4.78 is 0. The quantitative estimate of drug-likeness (QED) is 0.652. The zero-order chi connectivity index (χ0) is 12.6. The van der Waals surface area contributed by atoms with Gasteiger partial charge in [-0.1, -0.05) is 27.7 Å². The molecule has 0 saturated heterocycles. The van der Waals surface area contributed by atoms with Gasteiger partial charge in [0, 0.05) is 18.6 Å². The average Bonchev–Trinajstić information content (AvgIpc) is 2.26. The smallest absolute Gasteiger partial charge is 0.00901 e. The van der Waals surface area contributed by atoms with Gasteiger partial charge in [0.15, 0.2) is 0 Å². The molecule has 0 aromatic carbocycles. The number of nitrogens with zero attached hydrogens (tertiary/aromatic N) is 1. The Morgan fingerprint density at radius 1 is 1.06 bits per heavy atom. The number of nitrogens with one attached hydrogen (secondary N) is 1. The second-order valence-corrected chi connectivity index (χ2v) is 5.34. The van der Waals surface area contributed by atoms with E-state index in [0.29, 0.717) is 6.04 Å². The SMILES string of the molecule is CCC(CC)N(CCC(C)NC)CC(C)C. The maximum atomic E-state index is 3.32. The minimum absolute atomic E-state index is 0.629. The van der Waals surface area contributed by atoms with Crippen LogP contribution in [0.15, 0.2) is 0 Å². The van der Waals surface area contributed by atoms with Crippen molar-refractivity contribution in [3.8, 4) is 0 Å². The van der Waals surface area contributed by atoms with Crippen molar-refractivity contribution in [3.63, 3.8) is 0 Å². The van der Waals surface area contributed by atoms with E-state index in [4.69, 9.17) is 0 Å². The summed E-state index contributed by atoms with van der Waals surface area (Å²) in [6.45, 7) is 14.0. The summed E-state index contributed by atoms with van der Waals surface area (Å²) in [6.07, 6.45) is 3.80. The lowest BCUT2D eigenvalue weighted by Gasteiger charge is -2.32. The van der Waals surface area contributed by atoms with Crippen molar-refractivity contribution in [2.24, 2.45) is 5.92 Å². The van der Waals surface area contributed by atoms with Gasteiger partial charge in [0.25, 0.3) is 0 Å². The highest BCUT2D eigenvalue weighted by Crippen LogP contribution is 2.12. The molecule has 2 heteroatoms. The van der Waals surface area contributed by atoms with Crippen LogP contribution in [-0.2, 0) is 0 Å². The lowest BCUT2D eigenvalue weighted by molar-refractivity contribution is 0.159. The fraction of sp³-hybridized carbons (Fsp3) is 1.00. The van der Waals surface area contributed by atoms with Crippen LogP contribution in [0.1, 0.15) is 53.9 Å². The summed E-state index contributed by atoms with van der Waals surface area (Å²) in [5.41, 5.74) is 0. The topological polar surface area (TPSA) is 15.3 Å². The Hall–Kier alpha value is -0.0800. The molecule has 0 aromatic rings. The molecule has 1 unspecified atom stereocenters. The van der Waals surface area contributed by atoms with Crippen LogP contribution in [0, 0.1) is 5.92 Å². The standard InChI is InChI=1S/C14H32N2/c1-7-14(8-2)16(11-12(3)4)10-9-13(5)15-6/h12-15H,7-11H2,1-6H3. The molecule has 2 nitrogen and oxygen atoms in total. The second kappa shape index (κ2) is 9.00. The first kappa shape index (κ1) is 15.9. The molecule has 0 aromatic heterocycles. The molecule has 0 saturated carbocycles. The van der Waals surface area contributed by atoms with E-state index in [1.54, 1.807) is 0 Å². The number of hydrogen-bond acceptors (Lipinski definition) is 2. The molecular formula is C14H32N2. The minimum Gasteiger partial charge on any atom is -0.317 e. The molecule has 98 valence electrons. The van der Waals surface area contributed by atoms with Gasteiger partial charge in [0.1, 0.15) is 0 Å². The largest absolute Gasteiger partial charge is 0.317 e. The first-order valence-corrected chi connectivity index (χ1v) is 6.96. The van der Waals surface area contributed by atoms with Gasteiger partial charge in [-0.15, -0.1) is 0 Å². The van der Waals surface area contributed by atoms with Crippen LogP contribution in [0.4, 0.5) is 0 Å². The van der Waals surface area contributed by atoms with E-state index in [9.17, 15) is 0 Å². The summed E-state index contributed by atoms with van der Waals surface area (Å²) in [5, 5.41) is 3.32. The van der Waals surface area contributed by atoms with E-state index in [2.05, 4.69) is 51.9 Å². The van der Waals surface area contributed by atoms with Gasteiger partial charge in [0.05, 0.1) is 0 Å². The normalized spacial score (nSPS) is 14.1. The Balaban J connectivity index is 4.18. The molecule has 0 aliphatic rings. The average molecular weight is 228 g/mol. The molecule has 0 fully saturated rings. The molecule has 0 amide bonds. The molecule has 0 heterocycles. The van der Waals surface area contributed by atoms with Gasteiger partial charge in [0.2, 0.25) is 0 Å². The third-order valence-electron chi connectivity index (χ3n) is 3.40. The van der Waals surface area contributed by atoms with E-state index < -0.39 is 0 Å². The highest BCUT2D eigenvalue weighted by atomic mass is 15.2. The zero-order valence-corrected chi connectivity index (χ0v) is 12.2. The van der Waals surface area contributed by atoms with Gasteiger partial charge in [-0.05, 0) is 45.7 Å². The van der Waals surface area contributed by atoms with Crippen LogP contribution in [-0.4, -0.2) is 37.1 Å². The van der Waals surface area contributed by atoms with Crippen molar-refractivity contribution >= 4 is 0 Å². The molecular weight excluding hydrogens is 196 g/mol. The Morgan fingerprint density at radius 3 is 2.00 bits per heavy atom. The lowest BCUT2D eigenvalue weighted by atomic mass is 10.1. The van der Waals surface area contributed by atoms with Crippen molar-refractivity contribution in [1.82, 2.24) is 10.2 Å². The molecule has 0 aliphatic heterocycles. The summed E-state index contributed by atoms with van der Waals surface area (Å²) in [7, 11) is 2.05. The van der Waals surface area contributed by atoms with Gasteiger partial charge in [-0.2, -0.15) is 0 Å². The molecule has 1 N–H and O–H groups in total. The highest BCUT2D eigenvalue weighted by Gasteiger charge is 2.16. The fourth-order valence-corrected chi connectivity index (χ4v) is 2.20. The zero-order valence-electron chi connectivity index (χ0n) is 12.2. The summed E-state index contributed by atoms with van der Waals surface area (Å²) >= 11 is 0. The van der Waals surface area contributed by atoms with Crippen LogP contribution < -0.4 is 5.32 Å². The van der Waals surface area contributed by atoms with Crippen molar-refractivity contribution < 1.29 is 0 Å². The maximum Gasteiger partial charge on any atom is 0.00901 e. The van der Waals surface area contributed by atoms with Gasteiger partial charge in [-0.3, -0.25) is 0 Å². The fourth-order valence-electron chi connectivity index (χ4n) is 2.20. The van der Waals surface area contributed by atoms with E-state index >= 15 is 0 Å². The van der Waals surface area contributed by atoms with Crippen LogP contribution in [0.25, 0.3) is 0 Å². The summed E-state index contributed by atoms with van der Waals surface area (Å²) in [5.74, 6) is 0.769. The second-order valence-electron chi connectivity index (χ2n) is 5.34. The number of hydrogen-bond donors (Lipinski definition) is 1. The summed E-state index contributed by atoms with van der Waals surface area (Å²) in [4.78, 5) is 2.68. The first-order chi connectivity index (χ1) is 7.54. The monoisotopic (exact) mass is 228 g/mol. The third kappa shape index (κ3) is 6.49. The van der Waals surface area contributed by atoms with E-state index in [0.717, 1.165) is 12.0 Å². The molecule has 0 spiro atoms.